The number of ether oxygens (including phenoxy) is 2. The highest BCUT2D eigenvalue weighted by Gasteiger charge is 2.40. The molecule has 0 unspecified atom stereocenters. The summed E-state index contributed by atoms with van der Waals surface area (Å²) in [6.45, 7) is 3.50. The van der Waals surface area contributed by atoms with E-state index in [9.17, 15) is 9.59 Å². The molecule has 0 aliphatic carbocycles. The zero-order valence-corrected chi connectivity index (χ0v) is 18.5. The molecule has 1 saturated heterocycles. The maximum atomic E-state index is 13.3. The van der Waals surface area contributed by atoms with E-state index in [0.717, 1.165) is 22.4 Å². The van der Waals surface area contributed by atoms with Gasteiger partial charge in [-0.05, 0) is 42.3 Å². The molecule has 2 aliphatic heterocycles. The zero-order valence-electron chi connectivity index (χ0n) is 18.5. The molecule has 2 aliphatic rings. The summed E-state index contributed by atoms with van der Waals surface area (Å²) in [5, 5.41) is 3.07. The van der Waals surface area contributed by atoms with E-state index < -0.39 is 0 Å². The van der Waals surface area contributed by atoms with Crippen LogP contribution in [0.4, 0.5) is 0 Å². The molecule has 33 heavy (non-hydrogen) atoms. The van der Waals surface area contributed by atoms with Crippen molar-refractivity contribution >= 4 is 11.8 Å². The fourth-order valence-electron chi connectivity index (χ4n) is 4.52. The van der Waals surface area contributed by atoms with E-state index in [1.807, 2.05) is 79.7 Å². The first-order valence-corrected chi connectivity index (χ1v) is 11.2. The van der Waals surface area contributed by atoms with Gasteiger partial charge in [-0.2, -0.15) is 0 Å². The van der Waals surface area contributed by atoms with E-state index in [-0.39, 0.29) is 30.4 Å². The lowest BCUT2D eigenvalue weighted by molar-refractivity contribution is -0.125. The van der Waals surface area contributed by atoms with E-state index in [1.54, 1.807) is 4.90 Å². The van der Waals surface area contributed by atoms with Crippen molar-refractivity contribution in [1.29, 1.82) is 0 Å². The summed E-state index contributed by atoms with van der Waals surface area (Å²) in [4.78, 5) is 28.2. The lowest BCUT2D eigenvalue weighted by Crippen LogP contribution is -2.35. The van der Waals surface area contributed by atoms with Crippen LogP contribution in [0, 0.1) is 12.8 Å². The number of benzene rings is 3. The third-order valence-corrected chi connectivity index (χ3v) is 6.37. The molecule has 0 aromatic heterocycles. The minimum atomic E-state index is -0.323. The van der Waals surface area contributed by atoms with Crippen molar-refractivity contribution in [2.75, 3.05) is 19.9 Å². The minimum Gasteiger partial charge on any atom is -0.454 e. The number of rotatable bonds is 5. The summed E-state index contributed by atoms with van der Waals surface area (Å²) in [6.07, 6.45) is 0. The third kappa shape index (κ3) is 4.42. The smallest absolute Gasteiger partial charge is 0.253 e. The molecule has 168 valence electrons. The van der Waals surface area contributed by atoms with Crippen LogP contribution in [-0.2, 0) is 11.3 Å². The first-order valence-electron chi connectivity index (χ1n) is 11.2. The minimum absolute atomic E-state index is 0.0398. The molecule has 3 aromatic carbocycles. The third-order valence-electron chi connectivity index (χ3n) is 6.37. The lowest BCUT2D eigenvalue weighted by Gasteiger charge is -2.18. The average molecular weight is 443 g/mol. The Kier molecular flexibility index (Phi) is 5.73. The van der Waals surface area contributed by atoms with Crippen molar-refractivity contribution < 1.29 is 19.1 Å². The summed E-state index contributed by atoms with van der Waals surface area (Å²) >= 11 is 0. The Balaban J connectivity index is 1.32. The molecule has 1 N–H and O–H groups in total. The van der Waals surface area contributed by atoms with Crippen molar-refractivity contribution in [3.05, 3.63) is 95.1 Å². The average Bonchev–Trinajstić information content (AvgIpc) is 3.50. The molecule has 3 aromatic rings. The molecule has 0 bridgehead atoms. The summed E-state index contributed by atoms with van der Waals surface area (Å²) < 4.78 is 10.8. The first kappa shape index (κ1) is 21.1. The molecule has 5 rings (SSSR count). The number of nitrogens with zero attached hydrogens (tertiary/aromatic N) is 1. The second-order valence-electron chi connectivity index (χ2n) is 8.61. The van der Waals surface area contributed by atoms with Crippen molar-refractivity contribution in [2.45, 2.75) is 19.4 Å². The molecule has 2 amide bonds. The maximum Gasteiger partial charge on any atom is 0.253 e. The number of nitrogens with one attached hydrogen (secondary N) is 1. The number of hydrogen-bond donors (Lipinski definition) is 1. The van der Waals surface area contributed by atoms with Crippen LogP contribution in [0.1, 0.15) is 33.0 Å². The van der Waals surface area contributed by atoms with Crippen LogP contribution >= 0.6 is 0 Å². The van der Waals surface area contributed by atoms with Gasteiger partial charge in [0.05, 0.1) is 5.92 Å². The number of likely N-dealkylation sites (tertiary alicyclic amines) is 1. The maximum absolute atomic E-state index is 13.3. The fraction of sp³-hybridized carbons (Fsp3) is 0.259. The van der Waals surface area contributed by atoms with Crippen LogP contribution in [0.5, 0.6) is 11.5 Å². The Morgan fingerprint density at radius 3 is 2.48 bits per heavy atom. The summed E-state index contributed by atoms with van der Waals surface area (Å²) in [7, 11) is 0. The van der Waals surface area contributed by atoms with E-state index >= 15 is 0 Å². The molecule has 0 saturated carbocycles. The van der Waals surface area contributed by atoms with Crippen molar-refractivity contribution in [3.8, 4) is 11.5 Å². The monoisotopic (exact) mass is 442 g/mol. The van der Waals surface area contributed by atoms with E-state index in [1.165, 1.54) is 0 Å². The molecule has 6 nitrogen and oxygen atoms in total. The normalized spacial score (nSPS) is 18.9. The standard InChI is InChI=1S/C27H26N2O4/c1-18-7-10-21(11-8-18)27(31)29-15-22(20-5-3-2-4-6-20)23(16-29)26(30)28-14-19-9-12-24-25(13-19)33-17-32-24/h2-13,22-23H,14-17H2,1H3,(H,28,30)/t22-,23+/m1/s1. The van der Waals surface area contributed by atoms with Gasteiger partial charge >= 0.3 is 0 Å². The highest BCUT2D eigenvalue weighted by Crippen LogP contribution is 2.35. The Labute approximate surface area is 193 Å². The van der Waals surface area contributed by atoms with E-state index in [0.29, 0.717) is 30.9 Å². The SMILES string of the molecule is Cc1ccc(C(=O)N2C[C@H](C(=O)NCc3ccc4c(c3)OCO4)[C@@H](c3ccccc3)C2)cc1. The van der Waals surface area contributed by atoms with Gasteiger partial charge in [-0.3, -0.25) is 9.59 Å². The van der Waals surface area contributed by atoms with Crippen molar-refractivity contribution in [2.24, 2.45) is 5.92 Å². The predicted molar refractivity (Wildman–Crippen MR) is 124 cm³/mol. The lowest BCUT2D eigenvalue weighted by atomic mass is 9.88. The Morgan fingerprint density at radius 2 is 1.70 bits per heavy atom. The molecule has 0 radical (unpaired) electrons. The quantitative estimate of drug-likeness (QED) is 0.651. The number of hydrogen-bond acceptors (Lipinski definition) is 4. The number of fused-ring (bicyclic) bond motifs is 1. The Bertz CT molecular complexity index is 1160. The summed E-state index contributed by atoms with van der Waals surface area (Å²) in [5.74, 6) is 0.936. The number of carbonyl (C=O) groups excluding carboxylic acids is 2. The number of carbonyl (C=O) groups is 2. The van der Waals surface area contributed by atoms with Gasteiger partial charge < -0.3 is 19.7 Å². The molecule has 6 heteroatoms. The van der Waals surface area contributed by atoms with Crippen LogP contribution in [0.15, 0.2) is 72.8 Å². The van der Waals surface area contributed by atoms with Crippen LogP contribution in [0.25, 0.3) is 0 Å². The summed E-state index contributed by atoms with van der Waals surface area (Å²) in [6, 6.07) is 23.2. The molecular formula is C27H26N2O4. The molecular weight excluding hydrogens is 416 g/mol. The van der Waals surface area contributed by atoms with Crippen LogP contribution in [0.2, 0.25) is 0 Å². The second-order valence-corrected chi connectivity index (χ2v) is 8.61. The number of amides is 2. The largest absolute Gasteiger partial charge is 0.454 e. The van der Waals surface area contributed by atoms with Gasteiger partial charge in [-0.15, -0.1) is 0 Å². The molecule has 0 spiro atoms. The fourth-order valence-corrected chi connectivity index (χ4v) is 4.52. The molecule has 1 fully saturated rings. The Morgan fingerprint density at radius 1 is 0.939 bits per heavy atom. The first-order chi connectivity index (χ1) is 16.1. The van der Waals surface area contributed by atoms with Gasteiger partial charge in [-0.25, -0.2) is 0 Å². The van der Waals surface area contributed by atoms with Gasteiger partial charge in [0.25, 0.3) is 5.91 Å². The highest BCUT2D eigenvalue weighted by atomic mass is 16.7. The Hall–Kier alpha value is -3.80. The van der Waals surface area contributed by atoms with Crippen molar-refractivity contribution in [1.82, 2.24) is 10.2 Å². The number of aryl methyl sites for hydroxylation is 1. The van der Waals surface area contributed by atoms with Crippen LogP contribution < -0.4 is 14.8 Å². The van der Waals surface area contributed by atoms with Gasteiger partial charge in [0, 0.05) is 31.1 Å². The van der Waals surface area contributed by atoms with Gasteiger partial charge in [0.15, 0.2) is 11.5 Å². The highest BCUT2D eigenvalue weighted by molar-refractivity contribution is 5.95. The van der Waals surface area contributed by atoms with Gasteiger partial charge in [0.2, 0.25) is 12.7 Å². The van der Waals surface area contributed by atoms with Crippen LogP contribution in [-0.4, -0.2) is 36.6 Å². The van der Waals surface area contributed by atoms with Gasteiger partial charge in [-0.1, -0.05) is 54.1 Å². The zero-order chi connectivity index (χ0) is 22.8. The second kappa shape index (κ2) is 8.98. The van der Waals surface area contributed by atoms with Crippen LogP contribution in [0.3, 0.4) is 0 Å². The topological polar surface area (TPSA) is 67.9 Å². The molecule has 2 atom stereocenters. The van der Waals surface area contributed by atoms with Gasteiger partial charge in [0.1, 0.15) is 0 Å². The summed E-state index contributed by atoms with van der Waals surface area (Å²) in [5.41, 5.74) is 3.76. The predicted octanol–water partition coefficient (Wildman–Crippen LogP) is 3.90. The molecule has 2 heterocycles. The van der Waals surface area contributed by atoms with E-state index in [2.05, 4.69) is 5.32 Å². The van der Waals surface area contributed by atoms with Crippen molar-refractivity contribution in [3.63, 3.8) is 0 Å². The van der Waals surface area contributed by atoms with E-state index in [4.69, 9.17) is 9.47 Å².